The number of carbonyl (C=O) groups is 2. The lowest BCUT2D eigenvalue weighted by Gasteiger charge is -2.07. The van der Waals surface area contributed by atoms with Crippen LogP contribution in [0.1, 0.15) is 36.8 Å². The van der Waals surface area contributed by atoms with Gasteiger partial charge in [0.25, 0.3) is 0 Å². The molecule has 0 aliphatic rings. The molecule has 2 N–H and O–H groups in total. The second-order valence-electron chi connectivity index (χ2n) is 10.4. The molecule has 0 saturated carbocycles. The lowest BCUT2D eigenvalue weighted by molar-refractivity contribution is -0.118. The summed E-state index contributed by atoms with van der Waals surface area (Å²) in [4.78, 5) is 34.0. The predicted molar refractivity (Wildman–Crippen MR) is 164 cm³/mol. The maximum absolute atomic E-state index is 12.4. The fraction of sp³-hybridized carbons (Fsp3) is 0.176. The fourth-order valence-electron chi connectivity index (χ4n) is 4.73. The van der Waals surface area contributed by atoms with E-state index in [0.717, 1.165) is 44.5 Å². The Kier molecular flexibility index (Phi) is 7.51. The van der Waals surface area contributed by atoms with Gasteiger partial charge in [-0.3, -0.25) is 9.59 Å². The predicted octanol–water partition coefficient (Wildman–Crippen LogP) is 8.06. The Labute approximate surface area is 242 Å². The number of oxazole rings is 2. The number of hydrogen-bond acceptors (Lipinski definition) is 6. The van der Waals surface area contributed by atoms with Crippen LogP contribution in [0.5, 0.6) is 0 Å². The molecule has 0 atom stereocenters. The first kappa shape index (κ1) is 27.0. The van der Waals surface area contributed by atoms with E-state index in [9.17, 15) is 9.59 Å². The summed E-state index contributed by atoms with van der Waals surface area (Å²) in [5, 5.41) is 5.82. The molecule has 0 radical (unpaired) electrons. The number of hydrogen-bond donors (Lipinski definition) is 2. The molecule has 2 aromatic heterocycles. The molecule has 2 heterocycles. The van der Waals surface area contributed by atoms with Gasteiger partial charge in [0.15, 0.2) is 11.2 Å². The van der Waals surface area contributed by atoms with Crippen LogP contribution >= 0.6 is 0 Å². The van der Waals surface area contributed by atoms with Crippen LogP contribution in [-0.2, 0) is 9.59 Å². The van der Waals surface area contributed by atoms with Gasteiger partial charge in [0.2, 0.25) is 23.6 Å². The lowest BCUT2D eigenvalue weighted by Crippen LogP contribution is -2.13. The van der Waals surface area contributed by atoms with Gasteiger partial charge in [0.05, 0.1) is 0 Å². The Morgan fingerprint density at radius 2 is 1.00 bits per heavy atom. The van der Waals surface area contributed by atoms with Crippen LogP contribution in [0.2, 0.25) is 0 Å². The highest BCUT2D eigenvalue weighted by Crippen LogP contribution is 2.27. The quantitative estimate of drug-likeness (QED) is 0.174. The number of nitrogens with one attached hydrogen (secondary N) is 2. The fourth-order valence-corrected chi connectivity index (χ4v) is 4.73. The summed E-state index contributed by atoms with van der Waals surface area (Å²) in [6.45, 7) is 4.03. The minimum atomic E-state index is -0.0922. The van der Waals surface area contributed by atoms with Gasteiger partial charge in [-0.05, 0) is 111 Å². The van der Waals surface area contributed by atoms with Crippen molar-refractivity contribution in [3.63, 3.8) is 0 Å². The van der Waals surface area contributed by atoms with Crippen LogP contribution < -0.4 is 10.6 Å². The molecule has 42 heavy (non-hydrogen) atoms. The highest BCUT2D eigenvalue weighted by molar-refractivity contribution is 5.92. The average Bonchev–Trinajstić information content (AvgIpc) is 3.60. The molecule has 210 valence electrons. The van der Waals surface area contributed by atoms with Crippen LogP contribution in [0.3, 0.4) is 0 Å². The van der Waals surface area contributed by atoms with E-state index in [1.807, 2.05) is 98.8 Å². The van der Waals surface area contributed by atoms with Crippen molar-refractivity contribution in [1.82, 2.24) is 9.97 Å². The summed E-state index contributed by atoms with van der Waals surface area (Å²) in [5.74, 6) is 0.901. The molecule has 8 nitrogen and oxygen atoms in total. The third-order valence-corrected chi connectivity index (χ3v) is 6.98. The van der Waals surface area contributed by atoms with E-state index in [-0.39, 0.29) is 11.8 Å². The van der Waals surface area contributed by atoms with Gasteiger partial charge >= 0.3 is 0 Å². The number of benzene rings is 4. The zero-order valence-electron chi connectivity index (χ0n) is 23.4. The van der Waals surface area contributed by atoms with Crippen molar-refractivity contribution < 1.29 is 18.4 Å². The first-order chi connectivity index (χ1) is 20.4. The summed E-state index contributed by atoms with van der Waals surface area (Å²) < 4.78 is 11.7. The molecule has 0 unspecified atom stereocenters. The lowest BCUT2D eigenvalue weighted by atomic mass is 10.1. The average molecular weight is 559 g/mol. The number of rotatable bonds is 9. The molecular formula is C34H30N4O4. The topological polar surface area (TPSA) is 110 Å². The monoisotopic (exact) mass is 558 g/mol. The van der Waals surface area contributed by atoms with E-state index < -0.39 is 0 Å². The number of aromatic nitrogens is 2. The summed E-state index contributed by atoms with van der Waals surface area (Å²) >= 11 is 0. The van der Waals surface area contributed by atoms with Crippen molar-refractivity contribution in [3.05, 3.63) is 96.1 Å². The van der Waals surface area contributed by atoms with E-state index in [2.05, 4.69) is 20.6 Å². The highest BCUT2D eigenvalue weighted by atomic mass is 16.4. The summed E-state index contributed by atoms with van der Waals surface area (Å²) in [5.41, 5.74) is 8.44. The normalized spacial score (nSPS) is 11.2. The zero-order chi connectivity index (χ0) is 29.1. The minimum absolute atomic E-state index is 0.0922. The van der Waals surface area contributed by atoms with Crippen LogP contribution in [0.4, 0.5) is 11.4 Å². The van der Waals surface area contributed by atoms with Gasteiger partial charge in [-0.25, -0.2) is 9.97 Å². The number of carbonyl (C=O) groups excluding carboxylic acids is 2. The zero-order valence-corrected chi connectivity index (χ0v) is 23.4. The summed E-state index contributed by atoms with van der Waals surface area (Å²) in [6, 6.07) is 26.6. The van der Waals surface area contributed by atoms with E-state index in [1.54, 1.807) is 0 Å². The smallest absolute Gasteiger partial charge is 0.227 e. The third-order valence-electron chi connectivity index (χ3n) is 6.98. The molecule has 2 amide bonds. The van der Waals surface area contributed by atoms with Crippen molar-refractivity contribution in [3.8, 4) is 22.9 Å². The number of unbranched alkanes of at least 4 members (excludes halogenated alkanes) is 1. The molecule has 4 aromatic carbocycles. The number of fused-ring (bicyclic) bond motifs is 2. The molecule has 0 spiro atoms. The number of nitrogens with zero attached hydrogens (tertiary/aromatic N) is 2. The van der Waals surface area contributed by atoms with Gasteiger partial charge in [-0.15, -0.1) is 0 Å². The van der Waals surface area contributed by atoms with Crippen LogP contribution in [0.25, 0.3) is 45.1 Å². The maximum atomic E-state index is 12.4. The van der Waals surface area contributed by atoms with Crippen LogP contribution in [0, 0.1) is 13.8 Å². The van der Waals surface area contributed by atoms with Gasteiger partial charge < -0.3 is 19.5 Å². The Bertz CT molecular complexity index is 1750. The van der Waals surface area contributed by atoms with Crippen molar-refractivity contribution >= 4 is 45.4 Å². The standard InChI is InChI=1S/C34H30N4O4/c1-21-7-17-29-27(19-21)37-33(41-29)23-9-13-25(14-10-23)35-31(39)5-3-4-6-32(40)36-26-15-11-24(12-16-26)34-38-28-20-22(2)8-18-30(28)42-34/h7-20H,3-6H2,1-2H3,(H,35,39)(H,36,40). The number of anilines is 2. The second-order valence-corrected chi connectivity index (χ2v) is 10.4. The Morgan fingerprint density at radius 1 is 0.595 bits per heavy atom. The maximum Gasteiger partial charge on any atom is 0.227 e. The Morgan fingerprint density at radius 3 is 1.40 bits per heavy atom. The molecule has 0 aliphatic carbocycles. The van der Waals surface area contributed by atoms with Crippen molar-refractivity contribution in [2.45, 2.75) is 39.5 Å². The molecule has 6 rings (SSSR count). The van der Waals surface area contributed by atoms with E-state index in [0.29, 0.717) is 48.8 Å². The van der Waals surface area contributed by atoms with Gasteiger partial charge in [0, 0.05) is 35.3 Å². The van der Waals surface area contributed by atoms with Gasteiger partial charge in [-0.1, -0.05) is 12.1 Å². The molecule has 0 bridgehead atoms. The number of aryl methyl sites for hydroxylation is 2. The van der Waals surface area contributed by atoms with Gasteiger partial charge in [-0.2, -0.15) is 0 Å². The SMILES string of the molecule is Cc1ccc2oc(-c3ccc(NC(=O)CCCCC(=O)Nc4ccc(-c5nc6cc(C)ccc6o5)cc4)cc3)nc2c1. The van der Waals surface area contributed by atoms with Crippen molar-refractivity contribution in [2.75, 3.05) is 10.6 Å². The van der Waals surface area contributed by atoms with E-state index in [1.165, 1.54) is 0 Å². The molecule has 6 aromatic rings. The molecule has 0 aliphatic heterocycles. The third kappa shape index (κ3) is 6.23. The molecule has 0 fully saturated rings. The van der Waals surface area contributed by atoms with Gasteiger partial charge in [0.1, 0.15) is 11.0 Å². The minimum Gasteiger partial charge on any atom is -0.436 e. The molecule has 0 saturated heterocycles. The van der Waals surface area contributed by atoms with Crippen molar-refractivity contribution in [2.24, 2.45) is 0 Å². The molecular weight excluding hydrogens is 528 g/mol. The Hall–Kier alpha value is -5.24. The highest BCUT2D eigenvalue weighted by Gasteiger charge is 2.11. The van der Waals surface area contributed by atoms with Crippen molar-refractivity contribution in [1.29, 1.82) is 0 Å². The summed E-state index contributed by atoms with van der Waals surface area (Å²) in [7, 11) is 0. The first-order valence-electron chi connectivity index (χ1n) is 13.9. The van der Waals surface area contributed by atoms with E-state index >= 15 is 0 Å². The number of amides is 2. The Balaban J connectivity index is 0.933. The first-order valence-corrected chi connectivity index (χ1v) is 13.9. The van der Waals surface area contributed by atoms with E-state index in [4.69, 9.17) is 8.83 Å². The second kappa shape index (κ2) is 11.7. The van der Waals surface area contributed by atoms with Crippen LogP contribution in [0.15, 0.2) is 93.8 Å². The van der Waals surface area contributed by atoms with Crippen LogP contribution in [-0.4, -0.2) is 21.8 Å². The molecule has 8 heteroatoms. The largest absolute Gasteiger partial charge is 0.436 e. The summed E-state index contributed by atoms with van der Waals surface area (Å²) in [6.07, 6.45) is 1.88.